The standard InChI is InChI=1S/C26H22Cl2N4O3/c1-32-21-5-3-2-4-18(21)23(16-8-10-17(11-9-16)24(29)34)31-25(26(32)35)30-22(33)13-7-15-6-12-19(27)20(28)14-15/h2-6,8-12,14,25H,7,13H2,1H3,(H2,29,34)(H,30,33)/t25-/m0/s1. The number of para-hydroxylation sites is 1. The zero-order valence-electron chi connectivity index (χ0n) is 18.8. The van der Waals surface area contributed by atoms with Crippen molar-refractivity contribution in [3.8, 4) is 0 Å². The van der Waals surface area contributed by atoms with Crippen LogP contribution in [-0.4, -0.2) is 36.6 Å². The second-order valence-electron chi connectivity index (χ2n) is 8.05. The van der Waals surface area contributed by atoms with Crippen molar-refractivity contribution >= 4 is 52.3 Å². The number of aliphatic imine (C=N–C) groups is 1. The molecule has 3 aromatic rings. The van der Waals surface area contributed by atoms with E-state index in [9.17, 15) is 14.4 Å². The minimum absolute atomic E-state index is 0.135. The van der Waals surface area contributed by atoms with E-state index in [0.29, 0.717) is 39.0 Å². The molecule has 35 heavy (non-hydrogen) atoms. The van der Waals surface area contributed by atoms with E-state index >= 15 is 0 Å². The minimum Gasteiger partial charge on any atom is -0.366 e. The van der Waals surface area contributed by atoms with Crippen LogP contribution in [0.4, 0.5) is 5.69 Å². The van der Waals surface area contributed by atoms with Crippen LogP contribution in [0, 0.1) is 0 Å². The molecule has 0 spiro atoms. The van der Waals surface area contributed by atoms with E-state index in [-0.39, 0.29) is 18.2 Å². The van der Waals surface area contributed by atoms with E-state index in [0.717, 1.165) is 11.1 Å². The first-order valence-electron chi connectivity index (χ1n) is 10.8. The van der Waals surface area contributed by atoms with Gasteiger partial charge in [-0.2, -0.15) is 0 Å². The predicted molar refractivity (Wildman–Crippen MR) is 137 cm³/mol. The number of primary amides is 1. The van der Waals surface area contributed by atoms with E-state index in [2.05, 4.69) is 10.3 Å². The Morgan fingerprint density at radius 3 is 2.43 bits per heavy atom. The summed E-state index contributed by atoms with van der Waals surface area (Å²) in [6.07, 6.45) is -0.568. The molecule has 0 fully saturated rings. The summed E-state index contributed by atoms with van der Waals surface area (Å²) >= 11 is 12.0. The van der Waals surface area contributed by atoms with Gasteiger partial charge in [0.2, 0.25) is 18.0 Å². The molecule has 9 heteroatoms. The number of likely N-dealkylation sites (N-methyl/N-ethyl adjacent to an activating group) is 1. The molecule has 1 atom stereocenters. The Morgan fingerprint density at radius 2 is 1.74 bits per heavy atom. The Labute approximate surface area is 212 Å². The quantitative estimate of drug-likeness (QED) is 0.525. The molecule has 3 amide bonds. The third-order valence-corrected chi connectivity index (χ3v) is 6.45. The van der Waals surface area contributed by atoms with Crippen LogP contribution >= 0.6 is 23.2 Å². The van der Waals surface area contributed by atoms with Crippen LogP contribution < -0.4 is 16.0 Å². The number of carbonyl (C=O) groups is 3. The second-order valence-corrected chi connectivity index (χ2v) is 8.87. The van der Waals surface area contributed by atoms with E-state index < -0.39 is 12.1 Å². The van der Waals surface area contributed by atoms with Gasteiger partial charge in [-0.05, 0) is 42.3 Å². The minimum atomic E-state index is -1.13. The maximum Gasteiger partial charge on any atom is 0.272 e. The van der Waals surface area contributed by atoms with E-state index in [4.69, 9.17) is 28.9 Å². The van der Waals surface area contributed by atoms with Crippen LogP contribution in [0.3, 0.4) is 0 Å². The normalized spacial score (nSPS) is 15.2. The van der Waals surface area contributed by atoms with Gasteiger partial charge in [-0.1, -0.05) is 59.6 Å². The molecule has 3 aromatic carbocycles. The molecule has 1 aliphatic rings. The summed E-state index contributed by atoms with van der Waals surface area (Å²) in [4.78, 5) is 43.6. The number of anilines is 1. The van der Waals surface area contributed by atoms with Crippen molar-refractivity contribution in [2.45, 2.75) is 19.0 Å². The SMILES string of the molecule is CN1C(=O)[C@@H](NC(=O)CCc2ccc(Cl)c(Cl)c2)N=C(c2ccc(C(N)=O)cc2)c2ccccc21. The molecule has 7 nitrogen and oxygen atoms in total. The molecule has 0 unspecified atom stereocenters. The molecule has 0 saturated heterocycles. The fourth-order valence-electron chi connectivity index (χ4n) is 3.82. The molecule has 0 aromatic heterocycles. The summed E-state index contributed by atoms with van der Waals surface area (Å²) in [6, 6.07) is 19.2. The molecule has 1 heterocycles. The maximum atomic E-state index is 13.2. The lowest BCUT2D eigenvalue weighted by Gasteiger charge is -2.20. The average Bonchev–Trinajstić information content (AvgIpc) is 2.95. The van der Waals surface area contributed by atoms with Crippen molar-refractivity contribution in [2.75, 3.05) is 11.9 Å². The number of halogens is 2. The van der Waals surface area contributed by atoms with Crippen LogP contribution in [-0.2, 0) is 16.0 Å². The predicted octanol–water partition coefficient (Wildman–Crippen LogP) is 3.98. The summed E-state index contributed by atoms with van der Waals surface area (Å²) in [6.45, 7) is 0. The molecule has 3 N–H and O–H groups in total. The van der Waals surface area contributed by atoms with Crippen molar-refractivity contribution in [2.24, 2.45) is 10.7 Å². The number of hydrogen-bond acceptors (Lipinski definition) is 4. The highest BCUT2D eigenvalue weighted by atomic mass is 35.5. The lowest BCUT2D eigenvalue weighted by molar-refractivity contribution is -0.127. The number of amides is 3. The first-order chi connectivity index (χ1) is 16.7. The van der Waals surface area contributed by atoms with Crippen LogP contribution in [0.25, 0.3) is 0 Å². The summed E-state index contributed by atoms with van der Waals surface area (Å²) in [5.41, 5.74) is 9.15. The first-order valence-corrected chi connectivity index (χ1v) is 11.6. The Hall–Kier alpha value is -3.68. The van der Waals surface area contributed by atoms with Gasteiger partial charge < -0.3 is 16.0 Å². The van der Waals surface area contributed by atoms with Crippen molar-refractivity contribution in [3.05, 3.63) is 99.0 Å². The van der Waals surface area contributed by atoms with Crippen LogP contribution in [0.1, 0.15) is 33.5 Å². The van der Waals surface area contributed by atoms with Gasteiger partial charge in [-0.3, -0.25) is 14.4 Å². The van der Waals surface area contributed by atoms with E-state index in [1.807, 2.05) is 24.3 Å². The highest BCUT2D eigenvalue weighted by Crippen LogP contribution is 2.27. The summed E-state index contributed by atoms with van der Waals surface area (Å²) < 4.78 is 0. The number of hydrogen-bond donors (Lipinski definition) is 2. The van der Waals surface area contributed by atoms with Gasteiger partial charge in [-0.15, -0.1) is 0 Å². The Balaban J connectivity index is 1.62. The summed E-state index contributed by atoms with van der Waals surface area (Å²) in [7, 11) is 1.64. The van der Waals surface area contributed by atoms with Gasteiger partial charge >= 0.3 is 0 Å². The number of fused-ring (bicyclic) bond motifs is 1. The average molecular weight is 509 g/mol. The molecule has 0 radical (unpaired) electrons. The van der Waals surface area contributed by atoms with Gasteiger partial charge in [0.15, 0.2) is 0 Å². The zero-order valence-corrected chi connectivity index (χ0v) is 20.3. The third kappa shape index (κ3) is 5.37. The fraction of sp³-hybridized carbons (Fsp3) is 0.154. The molecule has 4 rings (SSSR count). The molecule has 0 bridgehead atoms. The van der Waals surface area contributed by atoms with Gasteiger partial charge in [0.05, 0.1) is 21.4 Å². The van der Waals surface area contributed by atoms with Crippen molar-refractivity contribution < 1.29 is 14.4 Å². The molecular formula is C26H22Cl2N4O3. The number of aryl methyl sites for hydroxylation is 1. The molecular weight excluding hydrogens is 487 g/mol. The molecule has 178 valence electrons. The topological polar surface area (TPSA) is 105 Å². The first kappa shape index (κ1) is 24.4. The van der Waals surface area contributed by atoms with Crippen molar-refractivity contribution in [1.82, 2.24) is 5.32 Å². The monoisotopic (exact) mass is 508 g/mol. The van der Waals surface area contributed by atoms with Gasteiger partial charge in [-0.25, -0.2) is 4.99 Å². The van der Waals surface area contributed by atoms with Crippen molar-refractivity contribution in [3.63, 3.8) is 0 Å². The zero-order chi connectivity index (χ0) is 25.1. The van der Waals surface area contributed by atoms with Crippen LogP contribution in [0.15, 0.2) is 71.7 Å². The number of rotatable bonds is 6. The smallest absolute Gasteiger partial charge is 0.272 e. The lowest BCUT2D eigenvalue weighted by Crippen LogP contribution is -2.46. The van der Waals surface area contributed by atoms with Crippen molar-refractivity contribution in [1.29, 1.82) is 0 Å². The lowest BCUT2D eigenvalue weighted by atomic mass is 9.99. The Morgan fingerprint density at radius 1 is 1.03 bits per heavy atom. The number of carbonyl (C=O) groups excluding carboxylic acids is 3. The maximum absolute atomic E-state index is 13.2. The highest BCUT2D eigenvalue weighted by molar-refractivity contribution is 6.42. The summed E-state index contributed by atoms with van der Waals surface area (Å²) in [5.74, 6) is -1.24. The highest BCUT2D eigenvalue weighted by Gasteiger charge is 2.30. The number of benzodiazepines with no additional fused rings is 1. The molecule has 0 saturated carbocycles. The summed E-state index contributed by atoms with van der Waals surface area (Å²) in [5, 5.41) is 3.61. The molecule has 0 aliphatic carbocycles. The van der Waals surface area contributed by atoms with E-state index in [1.54, 1.807) is 49.5 Å². The number of nitrogens with two attached hydrogens (primary N) is 1. The van der Waals surface area contributed by atoms with Crippen LogP contribution in [0.2, 0.25) is 10.0 Å². The van der Waals surface area contributed by atoms with Gasteiger partial charge in [0.25, 0.3) is 5.91 Å². The van der Waals surface area contributed by atoms with Gasteiger partial charge in [0, 0.05) is 30.2 Å². The number of nitrogens with one attached hydrogen (secondary N) is 1. The number of benzene rings is 3. The van der Waals surface area contributed by atoms with E-state index in [1.165, 1.54) is 4.90 Å². The van der Waals surface area contributed by atoms with Crippen LogP contribution in [0.5, 0.6) is 0 Å². The molecule has 1 aliphatic heterocycles. The van der Waals surface area contributed by atoms with Gasteiger partial charge in [0.1, 0.15) is 0 Å². The Bertz CT molecular complexity index is 1340. The largest absolute Gasteiger partial charge is 0.366 e. The number of nitrogens with zero attached hydrogens (tertiary/aromatic N) is 2. The Kier molecular flexibility index (Phi) is 7.19. The third-order valence-electron chi connectivity index (χ3n) is 5.71. The second kappa shape index (κ2) is 10.3. The fourth-order valence-corrected chi connectivity index (χ4v) is 4.14.